The van der Waals surface area contributed by atoms with Crippen LogP contribution in [0.25, 0.3) is 0 Å². The number of hydrogen-bond donors (Lipinski definition) is 1. The van der Waals surface area contributed by atoms with Gasteiger partial charge < -0.3 is 5.32 Å². The van der Waals surface area contributed by atoms with E-state index < -0.39 is 4.92 Å². The van der Waals surface area contributed by atoms with Crippen LogP contribution >= 0.6 is 15.9 Å². The first-order chi connectivity index (χ1) is 9.47. The number of halogens is 2. The van der Waals surface area contributed by atoms with E-state index in [0.29, 0.717) is 16.8 Å². The van der Waals surface area contributed by atoms with Crippen molar-refractivity contribution in [3.05, 3.63) is 67.9 Å². The third-order valence-corrected chi connectivity index (χ3v) is 3.39. The second kappa shape index (κ2) is 6.00. The molecule has 0 aliphatic carbocycles. The molecule has 0 aliphatic rings. The van der Waals surface area contributed by atoms with E-state index in [0.717, 1.165) is 4.47 Å². The Morgan fingerprint density at radius 2 is 2.05 bits per heavy atom. The van der Waals surface area contributed by atoms with Gasteiger partial charge in [0.1, 0.15) is 5.82 Å². The highest BCUT2D eigenvalue weighted by molar-refractivity contribution is 9.10. The topological polar surface area (TPSA) is 55.2 Å². The summed E-state index contributed by atoms with van der Waals surface area (Å²) in [5, 5.41) is 13.8. The summed E-state index contributed by atoms with van der Waals surface area (Å²) in [5.74, 6) is -0.317. The molecule has 2 aromatic carbocycles. The molecule has 4 nitrogen and oxygen atoms in total. The molecule has 104 valence electrons. The summed E-state index contributed by atoms with van der Waals surface area (Å²) in [5.41, 5.74) is 1.71. The maximum Gasteiger partial charge on any atom is 0.274 e. The first-order valence-corrected chi connectivity index (χ1v) is 6.69. The first kappa shape index (κ1) is 14.5. The number of nitro groups is 1. The fourth-order valence-electron chi connectivity index (χ4n) is 1.79. The van der Waals surface area contributed by atoms with Gasteiger partial charge in [0.2, 0.25) is 0 Å². The summed E-state index contributed by atoms with van der Waals surface area (Å²) in [7, 11) is 0. The number of nitro benzene ring substituents is 1. The number of aryl methyl sites for hydroxylation is 1. The maximum absolute atomic E-state index is 13.6. The van der Waals surface area contributed by atoms with Crippen LogP contribution in [0.2, 0.25) is 0 Å². The third-order valence-electron chi connectivity index (χ3n) is 2.90. The molecule has 0 fully saturated rings. The molecule has 0 atom stereocenters. The molecule has 0 spiro atoms. The fourth-order valence-corrected chi connectivity index (χ4v) is 2.20. The molecular weight excluding hydrogens is 327 g/mol. The second-order valence-electron chi connectivity index (χ2n) is 4.35. The van der Waals surface area contributed by atoms with Crippen LogP contribution in [-0.4, -0.2) is 4.92 Å². The number of nitrogens with zero attached hydrogens (tertiary/aromatic N) is 1. The molecule has 0 saturated carbocycles. The Morgan fingerprint density at radius 3 is 2.75 bits per heavy atom. The zero-order chi connectivity index (χ0) is 14.7. The third kappa shape index (κ3) is 3.33. The van der Waals surface area contributed by atoms with Gasteiger partial charge in [-0.3, -0.25) is 10.1 Å². The van der Waals surface area contributed by atoms with Crippen molar-refractivity contribution in [2.45, 2.75) is 13.5 Å². The van der Waals surface area contributed by atoms with Crippen molar-refractivity contribution < 1.29 is 9.31 Å². The van der Waals surface area contributed by atoms with Gasteiger partial charge in [0.15, 0.2) is 0 Å². The minimum atomic E-state index is -0.430. The van der Waals surface area contributed by atoms with Crippen molar-refractivity contribution >= 4 is 27.3 Å². The zero-order valence-electron chi connectivity index (χ0n) is 10.7. The molecule has 0 amide bonds. The number of nitrogens with one attached hydrogen (secondary N) is 1. The van der Waals surface area contributed by atoms with Gasteiger partial charge in [0, 0.05) is 33.9 Å². The molecular formula is C14H12BrFN2O2. The van der Waals surface area contributed by atoms with Crippen LogP contribution in [0.4, 0.5) is 15.8 Å². The highest BCUT2D eigenvalue weighted by Gasteiger charge is 2.11. The van der Waals surface area contributed by atoms with Crippen LogP contribution in [0.1, 0.15) is 11.1 Å². The lowest BCUT2D eigenvalue weighted by molar-refractivity contribution is -0.385. The first-order valence-electron chi connectivity index (χ1n) is 5.90. The molecule has 0 aliphatic heterocycles. The summed E-state index contributed by atoms with van der Waals surface area (Å²) in [6.07, 6.45) is 0. The molecule has 0 heterocycles. The van der Waals surface area contributed by atoms with Gasteiger partial charge in [-0.25, -0.2) is 4.39 Å². The van der Waals surface area contributed by atoms with Gasteiger partial charge in [-0.05, 0) is 31.2 Å². The number of rotatable bonds is 4. The highest BCUT2D eigenvalue weighted by atomic mass is 79.9. The van der Waals surface area contributed by atoms with E-state index in [1.807, 2.05) is 0 Å². The van der Waals surface area contributed by atoms with Crippen LogP contribution in [0.15, 0.2) is 40.9 Å². The molecule has 2 aromatic rings. The Labute approximate surface area is 123 Å². The quantitative estimate of drug-likeness (QED) is 0.663. The lowest BCUT2D eigenvalue weighted by Crippen LogP contribution is -2.03. The summed E-state index contributed by atoms with van der Waals surface area (Å²) < 4.78 is 14.4. The summed E-state index contributed by atoms with van der Waals surface area (Å²) in [4.78, 5) is 10.4. The van der Waals surface area contributed by atoms with E-state index in [-0.39, 0.29) is 18.0 Å². The van der Waals surface area contributed by atoms with Gasteiger partial charge in [-0.15, -0.1) is 0 Å². The average Bonchev–Trinajstić information content (AvgIpc) is 2.41. The van der Waals surface area contributed by atoms with E-state index >= 15 is 0 Å². The van der Waals surface area contributed by atoms with Crippen LogP contribution in [-0.2, 0) is 6.54 Å². The van der Waals surface area contributed by atoms with E-state index in [4.69, 9.17) is 0 Å². The summed E-state index contributed by atoms with van der Waals surface area (Å²) >= 11 is 3.28. The molecule has 1 N–H and O–H groups in total. The largest absolute Gasteiger partial charge is 0.381 e. The van der Waals surface area contributed by atoms with Crippen molar-refractivity contribution in [1.82, 2.24) is 0 Å². The second-order valence-corrected chi connectivity index (χ2v) is 5.26. The lowest BCUT2D eigenvalue weighted by atomic mass is 10.1. The number of anilines is 1. The highest BCUT2D eigenvalue weighted by Crippen LogP contribution is 2.23. The predicted molar refractivity (Wildman–Crippen MR) is 79.3 cm³/mol. The van der Waals surface area contributed by atoms with Crippen molar-refractivity contribution in [3.8, 4) is 0 Å². The Morgan fingerprint density at radius 1 is 1.30 bits per heavy atom. The zero-order valence-corrected chi connectivity index (χ0v) is 12.3. The van der Waals surface area contributed by atoms with Crippen molar-refractivity contribution in [2.24, 2.45) is 0 Å². The Hall–Kier alpha value is -1.95. The van der Waals surface area contributed by atoms with Gasteiger partial charge >= 0.3 is 0 Å². The van der Waals surface area contributed by atoms with Gasteiger partial charge in [0.05, 0.1) is 4.92 Å². The number of benzene rings is 2. The molecule has 0 aromatic heterocycles. The predicted octanol–water partition coefficient (Wildman–Crippen LogP) is 4.42. The van der Waals surface area contributed by atoms with Crippen LogP contribution < -0.4 is 5.32 Å². The van der Waals surface area contributed by atoms with E-state index in [2.05, 4.69) is 21.2 Å². The van der Waals surface area contributed by atoms with Crippen molar-refractivity contribution in [1.29, 1.82) is 0 Å². The van der Waals surface area contributed by atoms with Gasteiger partial charge in [-0.1, -0.05) is 22.0 Å². The molecule has 0 bridgehead atoms. The summed E-state index contributed by atoms with van der Waals surface area (Å²) in [6.45, 7) is 1.93. The average molecular weight is 339 g/mol. The lowest BCUT2D eigenvalue weighted by Gasteiger charge is -2.08. The molecule has 20 heavy (non-hydrogen) atoms. The smallest absolute Gasteiger partial charge is 0.274 e. The molecule has 0 unspecified atom stereocenters. The van der Waals surface area contributed by atoms with Crippen LogP contribution in [0.3, 0.4) is 0 Å². The molecule has 2 rings (SSSR count). The molecule has 0 radical (unpaired) electrons. The molecule has 0 saturated heterocycles. The summed E-state index contributed by atoms with van der Waals surface area (Å²) in [6, 6.07) is 9.51. The minimum Gasteiger partial charge on any atom is -0.381 e. The normalized spacial score (nSPS) is 10.3. The van der Waals surface area contributed by atoms with E-state index in [1.54, 1.807) is 31.2 Å². The Kier molecular flexibility index (Phi) is 4.34. The van der Waals surface area contributed by atoms with Crippen molar-refractivity contribution in [2.75, 3.05) is 5.32 Å². The number of hydrogen-bond acceptors (Lipinski definition) is 3. The van der Waals surface area contributed by atoms with Gasteiger partial charge in [0.25, 0.3) is 5.69 Å². The van der Waals surface area contributed by atoms with Crippen molar-refractivity contribution in [3.63, 3.8) is 0 Å². The van der Waals surface area contributed by atoms with Crippen LogP contribution in [0.5, 0.6) is 0 Å². The standard InChI is InChI=1S/C14H12BrFN2O2/c1-9-2-4-12(7-14(9)18(19)20)17-8-10-6-11(15)3-5-13(10)16/h2-7,17H,8H2,1H3. The fraction of sp³-hybridized carbons (Fsp3) is 0.143. The Bertz CT molecular complexity index is 662. The Balaban J connectivity index is 2.17. The van der Waals surface area contributed by atoms with E-state index in [9.17, 15) is 14.5 Å². The molecule has 6 heteroatoms. The maximum atomic E-state index is 13.6. The minimum absolute atomic E-state index is 0.0460. The van der Waals surface area contributed by atoms with Gasteiger partial charge in [-0.2, -0.15) is 0 Å². The van der Waals surface area contributed by atoms with Crippen LogP contribution in [0, 0.1) is 22.9 Å². The monoisotopic (exact) mass is 338 g/mol. The SMILES string of the molecule is Cc1ccc(NCc2cc(Br)ccc2F)cc1[N+](=O)[O-]. The van der Waals surface area contributed by atoms with E-state index in [1.165, 1.54) is 12.1 Å².